The summed E-state index contributed by atoms with van der Waals surface area (Å²) < 4.78 is 33.6. The van der Waals surface area contributed by atoms with Gasteiger partial charge in [-0.25, -0.2) is 8.42 Å². The molecule has 7 heteroatoms. The number of rotatable bonds is 8. The van der Waals surface area contributed by atoms with Crippen LogP contribution in [0.1, 0.15) is 10.4 Å². The van der Waals surface area contributed by atoms with Gasteiger partial charge in [0.25, 0.3) is 15.3 Å². The SMILES string of the molecule is O=C(Cl)c1ccccc1S(=O)(=O)N(CCOc1ccccc1)c1ccccc1. The van der Waals surface area contributed by atoms with Gasteiger partial charge in [0.05, 0.1) is 22.7 Å². The highest BCUT2D eigenvalue weighted by molar-refractivity contribution is 7.93. The summed E-state index contributed by atoms with van der Waals surface area (Å²) in [4.78, 5) is 11.6. The van der Waals surface area contributed by atoms with Crippen LogP contribution in [0.25, 0.3) is 0 Å². The number of ether oxygens (including phenoxy) is 1. The Labute approximate surface area is 169 Å². The highest BCUT2D eigenvalue weighted by Gasteiger charge is 2.28. The average molecular weight is 416 g/mol. The minimum Gasteiger partial charge on any atom is -0.492 e. The lowest BCUT2D eigenvalue weighted by molar-refractivity contribution is 0.107. The van der Waals surface area contributed by atoms with E-state index in [1.165, 1.54) is 16.4 Å². The fourth-order valence-corrected chi connectivity index (χ4v) is 4.58. The smallest absolute Gasteiger partial charge is 0.265 e. The maximum atomic E-state index is 13.4. The van der Waals surface area contributed by atoms with Gasteiger partial charge in [0, 0.05) is 0 Å². The number of anilines is 1. The molecule has 3 aromatic rings. The molecule has 0 radical (unpaired) electrons. The van der Waals surface area contributed by atoms with Gasteiger partial charge in [-0.15, -0.1) is 0 Å². The Morgan fingerprint density at radius 2 is 1.43 bits per heavy atom. The van der Waals surface area contributed by atoms with Gasteiger partial charge in [0.15, 0.2) is 0 Å². The predicted octanol–water partition coefficient (Wildman–Crippen LogP) is 4.34. The maximum Gasteiger partial charge on any atom is 0.265 e. The van der Waals surface area contributed by atoms with Crippen LogP contribution in [0.15, 0.2) is 89.8 Å². The van der Waals surface area contributed by atoms with Crippen LogP contribution in [-0.4, -0.2) is 26.8 Å². The summed E-state index contributed by atoms with van der Waals surface area (Å²) in [6, 6.07) is 23.7. The van der Waals surface area contributed by atoms with Crippen LogP contribution in [0.3, 0.4) is 0 Å². The second-order valence-corrected chi connectivity index (χ2v) is 8.02. The Hall–Kier alpha value is -2.83. The summed E-state index contributed by atoms with van der Waals surface area (Å²) in [5.74, 6) is 0.643. The van der Waals surface area contributed by atoms with Gasteiger partial charge in [0.1, 0.15) is 12.4 Å². The van der Waals surface area contributed by atoms with Gasteiger partial charge >= 0.3 is 0 Å². The largest absolute Gasteiger partial charge is 0.492 e. The fourth-order valence-electron chi connectivity index (χ4n) is 2.72. The lowest BCUT2D eigenvalue weighted by Gasteiger charge is -2.25. The first-order valence-electron chi connectivity index (χ1n) is 8.54. The Kier molecular flexibility index (Phi) is 6.34. The predicted molar refractivity (Wildman–Crippen MR) is 110 cm³/mol. The molecule has 0 heterocycles. The summed E-state index contributed by atoms with van der Waals surface area (Å²) >= 11 is 5.60. The second kappa shape index (κ2) is 8.91. The lowest BCUT2D eigenvalue weighted by atomic mass is 10.2. The zero-order valence-corrected chi connectivity index (χ0v) is 16.4. The van der Waals surface area contributed by atoms with Crippen molar-refractivity contribution in [3.8, 4) is 5.75 Å². The van der Waals surface area contributed by atoms with Crippen molar-refractivity contribution in [2.24, 2.45) is 0 Å². The average Bonchev–Trinajstić information content (AvgIpc) is 2.72. The highest BCUT2D eigenvalue weighted by atomic mass is 35.5. The minimum atomic E-state index is -4.04. The highest BCUT2D eigenvalue weighted by Crippen LogP contribution is 2.26. The van der Waals surface area contributed by atoms with Crippen molar-refractivity contribution in [2.75, 3.05) is 17.5 Å². The first-order valence-corrected chi connectivity index (χ1v) is 10.4. The van der Waals surface area contributed by atoms with Crippen LogP contribution in [-0.2, 0) is 10.0 Å². The molecular formula is C21H18ClNO4S. The number of benzene rings is 3. The first kappa shape index (κ1) is 19.9. The molecule has 0 aliphatic rings. The zero-order chi connectivity index (χ0) is 20.0. The number of hydrogen-bond donors (Lipinski definition) is 0. The number of carbonyl (C=O) groups excluding carboxylic acids is 1. The van der Waals surface area contributed by atoms with Gasteiger partial charge in [-0.1, -0.05) is 48.5 Å². The van der Waals surface area contributed by atoms with Crippen LogP contribution in [0.2, 0.25) is 0 Å². The van der Waals surface area contributed by atoms with Crippen molar-refractivity contribution in [1.82, 2.24) is 0 Å². The molecule has 0 aliphatic carbocycles. The third-order valence-corrected chi connectivity index (χ3v) is 6.11. The molecule has 0 aliphatic heterocycles. The molecule has 0 fully saturated rings. The Morgan fingerprint density at radius 3 is 2.07 bits per heavy atom. The van der Waals surface area contributed by atoms with E-state index in [0.717, 1.165) is 0 Å². The van der Waals surface area contributed by atoms with Crippen molar-refractivity contribution in [2.45, 2.75) is 4.90 Å². The molecular weight excluding hydrogens is 398 g/mol. The van der Waals surface area contributed by atoms with Gasteiger partial charge in [-0.3, -0.25) is 9.10 Å². The van der Waals surface area contributed by atoms with E-state index in [4.69, 9.17) is 16.3 Å². The molecule has 144 valence electrons. The Balaban J connectivity index is 1.93. The van der Waals surface area contributed by atoms with E-state index >= 15 is 0 Å². The lowest BCUT2D eigenvalue weighted by Crippen LogP contribution is -2.35. The van der Waals surface area contributed by atoms with E-state index in [0.29, 0.717) is 11.4 Å². The maximum absolute atomic E-state index is 13.4. The number of nitrogens with zero attached hydrogens (tertiary/aromatic N) is 1. The number of halogens is 1. The van der Waals surface area contributed by atoms with Gasteiger partial charge < -0.3 is 4.74 Å². The summed E-state index contributed by atoms with van der Waals surface area (Å²) in [5.41, 5.74) is 0.407. The normalized spacial score (nSPS) is 11.0. The minimum absolute atomic E-state index is 0.0610. The summed E-state index contributed by atoms with van der Waals surface area (Å²) in [6.45, 7) is 0.196. The summed E-state index contributed by atoms with van der Waals surface area (Å²) in [7, 11) is -4.04. The standard InChI is InChI=1S/C21H18ClNO4S/c22-21(24)19-13-7-8-14-20(19)28(25,26)23(17-9-3-1-4-10-17)15-16-27-18-11-5-2-6-12-18/h1-14H,15-16H2. The molecule has 28 heavy (non-hydrogen) atoms. The molecule has 0 unspecified atom stereocenters. The van der Waals surface area contributed by atoms with Crippen LogP contribution in [0.5, 0.6) is 5.75 Å². The molecule has 0 saturated carbocycles. The van der Waals surface area contributed by atoms with E-state index < -0.39 is 15.3 Å². The van der Waals surface area contributed by atoms with E-state index in [1.54, 1.807) is 54.6 Å². The summed E-state index contributed by atoms with van der Waals surface area (Å²) in [6.07, 6.45) is 0. The molecule has 0 saturated heterocycles. The Morgan fingerprint density at radius 1 is 0.857 bits per heavy atom. The summed E-state index contributed by atoms with van der Waals surface area (Å²) in [5, 5.41) is -0.826. The second-order valence-electron chi connectivity index (χ2n) is 5.84. The monoisotopic (exact) mass is 415 g/mol. The molecule has 0 spiro atoms. The molecule has 0 amide bonds. The third-order valence-electron chi connectivity index (χ3n) is 4.02. The molecule has 3 aromatic carbocycles. The molecule has 3 rings (SSSR count). The van der Waals surface area contributed by atoms with E-state index in [-0.39, 0.29) is 23.6 Å². The van der Waals surface area contributed by atoms with Crippen molar-refractivity contribution < 1.29 is 17.9 Å². The van der Waals surface area contributed by atoms with Crippen molar-refractivity contribution >= 4 is 32.6 Å². The van der Waals surface area contributed by atoms with Crippen molar-refractivity contribution in [3.63, 3.8) is 0 Å². The topological polar surface area (TPSA) is 63.7 Å². The molecule has 0 bridgehead atoms. The van der Waals surface area contributed by atoms with Crippen LogP contribution in [0, 0.1) is 0 Å². The van der Waals surface area contributed by atoms with E-state index in [9.17, 15) is 13.2 Å². The molecule has 0 atom stereocenters. The fraction of sp³-hybridized carbons (Fsp3) is 0.0952. The number of para-hydroxylation sites is 2. The number of carbonyl (C=O) groups is 1. The molecule has 5 nitrogen and oxygen atoms in total. The zero-order valence-electron chi connectivity index (χ0n) is 14.9. The van der Waals surface area contributed by atoms with Crippen LogP contribution in [0.4, 0.5) is 5.69 Å². The first-order chi connectivity index (χ1) is 13.5. The van der Waals surface area contributed by atoms with Gasteiger partial charge in [0.2, 0.25) is 0 Å². The van der Waals surface area contributed by atoms with Crippen LogP contribution >= 0.6 is 11.6 Å². The molecule has 0 aromatic heterocycles. The van der Waals surface area contributed by atoms with E-state index in [2.05, 4.69) is 0 Å². The van der Waals surface area contributed by atoms with Gasteiger partial charge in [-0.2, -0.15) is 0 Å². The van der Waals surface area contributed by atoms with E-state index in [1.807, 2.05) is 18.2 Å². The number of hydrogen-bond acceptors (Lipinski definition) is 4. The van der Waals surface area contributed by atoms with Crippen LogP contribution < -0.4 is 9.04 Å². The Bertz CT molecular complexity index is 1040. The van der Waals surface area contributed by atoms with Gasteiger partial charge in [-0.05, 0) is 48.0 Å². The van der Waals surface area contributed by atoms with Crippen molar-refractivity contribution in [1.29, 1.82) is 0 Å². The third kappa shape index (κ3) is 4.52. The van der Waals surface area contributed by atoms with Crippen molar-refractivity contribution in [3.05, 3.63) is 90.5 Å². The molecule has 0 N–H and O–H groups in total. The quantitative estimate of drug-likeness (QED) is 0.513. The number of sulfonamides is 1.